The van der Waals surface area contributed by atoms with Crippen LogP contribution in [-0.4, -0.2) is 11.8 Å². The fraction of sp³-hybridized carbons (Fsp3) is 0.455. The highest BCUT2D eigenvalue weighted by Crippen LogP contribution is 2.23. The summed E-state index contributed by atoms with van der Waals surface area (Å²) in [5.74, 6) is 1.93. The topological polar surface area (TPSA) is 0 Å². The van der Waals surface area contributed by atoms with Gasteiger partial charge in [0.15, 0.2) is 0 Å². The van der Waals surface area contributed by atoms with Crippen molar-refractivity contribution in [2.45, 2.75) is 18.8 Å². The molecule has 0 aliphatic rings. The fourth-order valence-corrected chi connectivity index (χ4v) is 1.99. The van der Waals surface area contributed by atoms with Crippen LogP contribution in [0.25, 0.3) is 0 Å². The predicted molar refractivity (Wildman–Crippen MR) is 59.9 cm³/mol. The average Bonchev–Trinajstić information content (AvgIpc) is 2.19. The minimum Gasteiger partial charge on any atom is -0.127 e. The first-order chi connectivity index (χ1) is 6.38. The molecule has 0 fully saturated rings. The van der Waals surface area contributed by atoms with Gasteiger partial charge in [-0.05, 0) is 24.3 Å². The second-order valence-electron chi connectivity index (χ2n) is 3.06. The summed E-state index contributed by atoms with van der Waals surface area (Å²) >= 11 is 11.5. The van der Waals surface area contributed by atoms with E-state index in [0.29, 0.717) is 17.7 Å². The monoisotopic (exact) mass is 216 g/mol. The van der Waals surface area contributed by atoms with E-state index >= 15 is 0 Å². The van der Waals surface area contributed by atoms with E-state index in [2.05, 4.69) is 24.3 Å². The zero-order chi connectivity index (χ0) is 9.52. The standard InChI is InChI=1S/C11H14Cl2/c12-8-6-11(7-9-13)10-4-2-1-3-5-10/h1-5,11H,6-9H2. The Morgan fingerprint density at radius 3 is 1.92 bits per heavy atom. The third-order valence-electron chi connectivity index (χ3n) is 2.19. The Bertz CT molecular complexity index is 215. The van der Waals surface area contributed by atoms with Crippen LogP contribution in [0.1, 0.15) is 24.3 Å². The summed E-state index contributed by atoms with van der Waals surface area (Å²) in [4.78, 5) is 0. The number of benzene rings is 1. The van der Waals surface area contributed by atoms with Crippen molar-refractivity contribution in [1.82, 2.24) is 0 Å². The Labute approximate surface area is 89.9 Å². The molecule has 0 atom stereocenters. The van der Waals surface area contributed by atoms with E-state index in [9.17, 15) is 0 Å². The SMILES string of the molecule is ClCCC(CCCl)c1ccccc1. The van der Waals surface area contributed by atoms with Crippen molar-refractivity contribution in [3.8, 4) is 0 Å². The van der Waals surface area contributed by atoms with Crippen LogP contribution in [0.15, 0.2) is 30.3 Å². The van der Waals surface area contributed by atoms with Gasteiger partial charge in [0.05, 0.1) is 0 Å². The summed E-state index contributed by atoms with van der Waals surface area (Å²) in [6, 6.07) is 10.4. The summed E-state index contributed by atoms with van der Waals surface area (Å²) < 4.78 is 0. The zero-order valence-corrected chi connectivity index (χ0v) is 9.06. The van der Waals surface area contributed by atoms with Gasteiger partial charge in [-0.3, -0.25) is 0 Å². The first-order valence-corrected chi connectivity index (χ1v) is 5.62. The Kier molecular flexibility index (Phi) is 5.26. The first-order valence-electron chi connectivity index (χ1n) is 4.55. The molecule has 0 aromatic heterocycles. The fourth-order valence-electron chi connectivity index (χ4n) is 1.47. The summed E-state index contributed by atoms with van der Waals surface area (Å²) in [5.41, 5.74) is 1.35. The van der Waals surface area contributed by atoms with E-state index < -0.39 is 0 Å². The number of hydrogen-bond acceptors (Lipinski definition) is 0. The third kappa shape index (κ3) is 3.58. The Hall–Kier alpha value is -0.200. The van der Waals surface area contributed by atoms with Gasteiger partial charge in [-0.25, -0.2) is 0 Å². The quantitative estimate of drug-likeness (QED) is 0.653. The number of rotatable bonds is 5. The molecular formula is C11H14Cl2. The molecule has 1 rings (SSSR count). The Morgan fingerprint density at radius 2 is 1.46 bits per heavy atom. The van der Waals surface area contributed by atoms with E-state index in [-0.39, 0.29) is 0 Å². The van der Waals surface area contributed by atoms with Gasteiger partial charge < -0.3 is 0 Å². The molecule has 0 N–H and O–H groups in total. The van der Waals surface area contributed by atoms with Crippen LogP contribution in [-0.2, 0) is 0 Å². The molecular weight excluding hydrogens is 203 g/mol. The van der Waals surface area contributed by atoms with Gasteiger partial charge >= 0.3 is 0 Å². The minimum absolute atomic E-state index is 0.524. The minimum atomic E-state index is 0.524. The normalized spacial score (nSPS) is 10.7. The van der Waals surface area contributed by atoms with Crippen LogP contribution in [0.5, 0.6) is 0 Å². The largest absolute Gasteiger partial charge is 0.127 e. The summed E-state index contributed by atoms with van der Waals surface area (Å²) in [7, 11) is 0. The van der Waals surface area contributed by atoms with Gasteiger partial charge in [-0.2, -0.15) is 0 Å². The van der Waals surface area contributed by atoms with Crippen molar-refractivity contribution < 1.29 is 0 Å². The summed E-state index contributed by atoms with van der Waals surface area (Å²) in [6.45, 7) is 0. The van der Waals surface area contributed by atoms with Crippen LogP contribution in [0.4, 0.5) is 0 Å². The van der Waals surface area contributed by atoms with Crippen LogP contribution in [0.3, 0.4) is 0 Å². The maximum Gasteiger partial charge on any atom is 0.0229 e. The van der Waals surface area contributed by atoms with Crippen molar-refractivity contribution in [1.29, 1.82) is 0 Å². The molecule has 1 aromatic rings. The van der Waals surface area contributed by atoms with Crippen molar-refractivity contribution in [3.05, 3.63) is 35.9 Å². The van der Waals surface area contributed by atoms with Crippen LogP contribution < -0.4 is 0 Å². The third-order valence-corrected chi connectivity index (χ3v) is 2.62. The lowest BCUT2D eigenvalue weighted by molar-refractivity contribution is 0.649. The highest BCUT2D eigenvalue weighted by atomic mass is 35.5. The molecule has 0 radical (unpaired) electrons. The number of alkyl halides is 2. The van der Waals surface area contributed by atoms with Gasteiger partial charge in [0.1, 0.15) is 0 Å². The van der Waals surface area contributed by atoms with Crippen molar-refractivity contribution in [2.75, 3.05) is 11.8 Å². The number of hydrogen-bond donors (Lipinski definition) is 0. The van der Waals surface area contributed by atoms with E-state index in [1.807, 2.05) is 6.07 Å². The molecule has 0 nitrogen and oxygen atoms in total. The van der Waals surface area contributed by atoms with E-state index in [1.54, 1.807) is 0 Å². The lowest BCUT2D eigenvalue weighted by Crippen LogP contribution is -2.00. The molecule has 0 aliphatic carbocycles. The van der Waals surface area contributed by atoms with Crippen molar-refractivity contribution in [2.24, 2.45) is 0 Å². The lowest BCUT2D eigenvalue weighted by atomic mass is 9.94. The van der Waals surface area contributed by atoms with E-state index in [4.69, 9.17) is 23.2 Å². The molecule has 0 bridgehead atoms. The summed E-state index contributed by atoms with van der Waals surface area (Å²) in [5, 5.41) is 0. The molecule has 0 unspecified atom stereocenters. The molecule has 0 aliphatic heterocycles. The molecule has 0 spiro atoms. The Balaban J connectivity index is 2.64. The zero-order valence-electron chi connectivity index (χ0n) is 7.55. The predicted octanol–water partition coefficient (Wildman–Crippen LogP) is 4.03. The lowest BCUT2D eigenvalue weighted by Gasteiger charge is -2.14. The second-order valence-corrected chi connectivity index (χ2v) is 3.82. The molecule has 13 heavy (non-hydrogen) atoms. The molecule has 0 saturated heterocycles. The molecule has 1 aromatic carbocycles. The van der Waals surface area contributed by atoms with Gasteiger partial charge in [0.2, 0.25) is 0 Å². The Morgan fingerprint density at radius 1 is 0.923 bits per heavy atom. The van der Waals surface area contributed by atoms with Crippen LogP contribution >= 0.6 is 23.2 Å². The highest BCUT2D eigenvalue weighted by Gasteiger charge is 2.08. The highest BCUT2D eigenvalue weighted by molar-refractivity contribution is 6.18. The van der Waals surface area contributed by atoms with Crippen LogP contribution in [0, 0.1) is 0 Å². The van der Waals surface area contributed by atoms with Crippen molar-refractivity contribution >= 4 is 23.2 Å². The van der Waals surface area contributed by atoms with E-state index in [1.165, 1.54) is 5.56 Å². The smallest absolute Gasteiger partial charge is 0.0229 e. The molecule has 0 amide bonds. The van der Waals surface area contributed by atoms with Gasteiger partial charge in [0, 0.05) is 11.8 Å². The number of halogens is 2. The first kappa shape index (κ1) is 10.9. The van der Waals surface area contributed by atoms with Gasteiger partial charge in [0.25, 0.3) is 0 Å². The van der Waals surface area contributed by atoms with Gasteiger partial charge in [-0.15, -0.1) is 23.2 Å². The molecule has 0 saturated carbocycles. The molecule has 0 heterocycles. The average molecular weight is 217 g/mol. The molecule has 2 heteroatoms. The van der Waals surface area contributed by atoms with Gasteiger partial charge in [-0.1, -0.05) is 30.3 Å². The summed E-state index contributed by atoms with van der Waals surface area (Å²) in [6.07, 6.45) is 2.02. The maximum atomic E-state index is 5.74. The second kappa shape index (κ2) is 6.28. The maximum absolute atomic E-state index is 5.74. The van der Waals surface area contributed by atoms with Crippen molar-refractivity contribution in [3.63, 3.8) is 0 Å². The molecule has 72 valence electrons. The van der Waals surface area contributed by atoms with E-state index in [0.717, 1.165) is 12.8 Å². The van der Waals surface area contributed by atoms with Crippen LogP contribution in [0.2, 0.25) is 0 Å².